The first-order valence-electron chi connectivity index (χ1n) is 10.6. The number of amides is 1. The van der Waals surface area contributed by atoms with Gasteiger partial charge < -0.3 is 19.5 Å². The Labute approximate surface area is 204 Å². The van der Waals surface area contributed by atoms with Crippen molar-refractivity contribution in [3.63, 3.8) is 0 Å². The van der Waals surface area contributed by atoms with Crippen LogP contribution >= 0.6 is 0 Å². The second kappa shape index (κ2) is 10.9. The molecule has 1 N–H and O–H groups in total. The Hall–Kier alpha value is -4.05. The van der Waals surface area contributed by atoms with Crippen molar-refractivity contribution in [2.24, 2.45) is 0 Å². The van der Waals surface area contributed by atoms with Gasteiger partial charge in [0.2, 0.25) is 0 Å². The fraction of sp³-hybridized carbons (Fsp3) is 0.200. The molecule has 0 radical (unpaired) electrons. The van der Waals surface area contributed by atoms with Gasteiger partial charge >= 0.3 is 5.97 Å². The number of hydrogen-bond acceptors (Lipinski definition) is 7. The van der Waals surface area contributed by atoms with E-state index in [1.165, 1.54) is 63.7 Å². The van der Waals surface area contributed by atoms with Crippen molar-refractivity contribution in [2.45, 2.75) is 11.8 Å². The molecule has 0 fully saturated rings. The lowest BCUT2D eigenvalue weighted by molar-refractivity contribution is 0.0526. The molecule has 0 atom stereocenters. The molecule has 0 aliphatic carbocycles. The van der Waals surface area contributed by atoms with E-state index in [1.807, 2.05) is 0 Å². The number of methoxy groups -OCH3 is 2. The number of esters is 1. The number of hydrogen-bond donors (Lipinski definition) is 1. The first-order chi connectivity index (χ1) is 16.7. The third-order valence-corrected chi connectivity index (χ3v) is 6.94. The van der Waals surface area contributed by atoms with Crippen LogP contribution in [0, 0.1) is 0 Å². The summed E-state index contributed by atoms with van der Waals surface area (Å²) in [6, 6.07) is 16.8. The lowest BCUT2D eigenvalue weighted by Crippen LogP contribution is -2.26. The molecule has 0 aliphatic rings. The Balaban J connectivity index is 1.73. The van der Waals surface area contributed by atoms with Gasteiger partial charge in [0.1, 0.15) is 0 Å². The van der Waals surface area contributed by atoms with E-state index in [0.717, 1.165) is 4.31 Å². The van der Waals surface area contributed by atoms with Gasteiger partial charge in [0.25, 0.3) is 15.9 Å². The number of nitrogens with one attached hydrogen (secondary N) is 1. The number of rotatable bonds is 9. The highest BCUT2D eigenvalue weighted by atomic mass is 32.2. The van der Waals surface area contributed by atoms with E-state index in [1.54, 1.807) is 31.2 Å². The molecule has 0 bridgehead atoms. The number of ether oxygens (including phenoxy) is 3. The Bertz CT molecular complexity index is 1300. The maximum absolute atomic E-state index is 13.1. The number of anilines is 2. The van der Waals surface area contributed by atoms with E-state index in [-0.39, 0.29) is 17.4 Å². The molecular formula is C25H26N2O7S. The fourth-order valence-electron chi connectivity index (χ4n) is 3.20. The van der Waals surface area contributed by atoms with E-state index in [2.05, 4.69) is 5.32 Å². The summed E-state index contributed by atoms with van der Waals surface area (Å²) in [5.41, 5.74) is 1.59. The molecule has 0 saturated carbocycles. The molecule has 3 aromatic carbocycles. The minimum atomic E-state index is -3.89. The normalized spacial score (nSPS) is 10.9. The molecule has 0 unspecified atom stereocenters. The van der Waals surface area contributed by atoms with Crippen LogP contribution in [0.5, 0.6) is 11.5 Å². The van der Waals surface area contributed by atoms with Gasteiger partial charge in [-0.1, -0.05) is 0 Å². The molecule has 0 saturated heterocycles. The van der Waals surface area contributed by atoms with E-state index in [9.17, 15) is 18.0 Å². The number of benzene rings is 3. The fourth-order valence-corrected chi connectivity index (χ4v) is 4.42. The van der Waals surface area contributed by atoms with Crippen molar-refractivity contribution in [3.8, 4) is 11.5 Å². The summed E-state index contributed by atoms with van der Waals surface area (Å²) in [4.78, 5) is 24.4. The van der Waals surface area contributed by atoms with Gasteiger partial charge in [-0.2, -0.15) is 0 Å². The van der Waals surface area contributed by atoms with Crippen molar-refractivity contribution in [2.75, 3.05) is 37.5 Å². The highest BCUT2D eigenvalue weighted by Crippen LogP contribution is 2.31. The van der Waals surface area contributed by atoms with E-state index in [0.29, 0.717) is 34.0 Å². The monoisotopic (exact) mass is 498 g/mol. The van der Waals surface area contributed by atoms with Crippen LogP contribution in [-0.4, -0.2) is 48.2 Å². The van der Waals surface area contributed by atoms with Gasteiger partial charge in [-0.3, -0.25) is 9.10 Å². The Morgan fingerprint density at radius 1 is 0.857 bits per heavy atom. The molecule has 9 nitrogen and oxygen atoms in total. The maximum atomic E-state index is 13.1. The van der Waals surface area contributed by atoms with Crippen molar-refractivity contribution in [3.05, 3.63) is 77.9 Å². The Kier molecular flexibility index (Phi) is 7.98. The number of nitrogens with zero attached hydrogens (tertiary/aromatic N) is 1. The van der Waals surface area contributed by atoms with Crippen LogP contribution in [0.15, 0.2) is 71.6 Å². The largest absolute Gasteiger partial charge is 0.493 e. The molecule has 35 heavy (non-hydrogen) atoms. The molecule has 3 aromatic rings. The number of sulfonamides is 1. The molecule has 10 heteroatoms. The third kappa shape index (κ3) is 5.72. The molecule has 0 aliphatic heterocycles. The van der Waals surface area contributed by atoms with Crippen LogP contribution in [0.1, 0.15) is 27.6 Å². The highest BCUT2D eigenvalue weighted by molar-refractivity contribution is 7.92. The van der Waals surface area contributed by atoms with E-state index in [4.69, 9.17) is 14.2 Å². The summed E-state index contributed by atoms with van der Waals surface area (Å²) < 4.78 is 42.6. The molecule has 0 spiro atoms. The van der Waals surface area contributed by atoms with Gasteiger partial charge in [-0.25, -0.2) is 13.2 Å². The van der Waals surface area contributed by atoms with E-state index < -0.39 is 16.0 Å². The SMILES string of the molecule is CCOC(=O)c1ccc(NC(=O)c2ccc(N(C)S(=O)(=O)c3ccc(OC)c(OC)c3)cc2)cc1. The molecule has 1 amide bonds. The van der Waals surface area contributed by atoms with E-state index >= 15 is 0 Å². The lowest BCUT2D eigenvalue weighted by atomic mass is 10.1. The first kappa shape index (κ1) is 25.6. The standard InChI is InChI=1S/C25H26N2O7S/c1-5-34-25(29)18-6-10-19(11-7-18)26-24(28)17-8-12-20(13-9-17)27(2)35(30,31)21-14-15-22(32-3)23(16-21)33-4/h6-16H,5H2,1-4H3,(H,26,28). The predicted molar refractivity (Wildman–Crippen MR) is 132 cm³/mol. The van der Waals surface area contributed by atoms with Gasteiger partial charge in [0.05, 0.1) is 37.0 Å². The zero-order valence-electron chi connectivity index (χ0n) is 19.8. The summed E-state index contributed by atoms with van der Waals surface area (Å²) in [6.07, 6.45) is 0. The molecule has 0 aromatic heterocycles. The van der Waals surface area contributed by atoms with Crippen LogP contribution in [0.3, 0.4) is 0 Å². The molecule has 3 rings (SSSR count). The summed E-state index contributed by atoms with van der Waals surface area (Å²) in [6.45, 7) is 2.00. The Morgan fingerprint density at radius 2 is 1.46 bits per heavy atom. The van der Waals surface area contributed by atoms with Gasteiger partial charge in [-0.15, -0.1) is 0 Å². The maximum Gasteiger partial charge on any atom is 0.338 e. The van der Waals surface area contributed by atoms with Crippen molar-refractivity contribution < 1.29 is 32.2 Å². The number of carbonyl (C=O) groups is 2. The van der Waals surface area contributed by atoms with Gasteiger partial charge in [-0.05, 0) is 67.6 Å². The quantitative estimate of drug-likeness (QED) is 0.445. The van der Waals surface area contributed by atoms with Gasteiger partial charge in [0.15, 0.2) is 11.5 Å². The van der Waals surface area contributed by atoms with Crippen molar-refractivity contribution in [1.82, 2.24) is 0 Å². The average molecular weight is 499 g/mol. The smallest absolute Gasteiger partial charge is 0.338 e. The summed E-state index contributed by atoms with van der Waals surface area (Å²) in [5.74, 6) is -0.108. The zero-order valence-corrected chi connectivity index (χ0v) is 20.6. The first-order valence-corrected chi connectivity index (χ1v) is 12.0. The summed E-state index contributed by atoms with van der Waals surface area (Å²) in [7, 11) is 0.429. The van der Waals surface area contributed by atoms with Gasteiger partial charge in [0, 0.05) is 24.4 Å². The van der Waals surface area contributed by atoms with Crippen molar-refractivity contribution in [1.29, 1.82) is 0 Å². The minimum Gasteiger partial charge on any atom is -0.493 e. The zero-order chi connectivity index (χ0) is 25.6. The van der Waals surface area contributed by atoms with Crippen molar-refractivity contribution >= 4 is 33.3 Å². The van der Waals surface area contributed by atoms with Crippen LogP contribution in [0.2, 0.25) is 0 Å². The third-order valence-electron chi connectivity index (χ3n) is 5.16. The average Bonchev–Trinajstić information content (AvgIpc) is 2.88. The van der Waals surface area contributed by atoms with Crippen LogP contribution < -0.4 is 19.1 Å². The lowest BCUT2D eigenvalue weighted by Gasteiger charge is -2.20. The topological polar surface area (TPSA) is 111 Å². The second-order valence-corrected chi connectivity index (χ2v) is 9.26. The molecular weight excluding hydrogens is 472 g/mol. The van der Waals surface area contributed by atoms with Crippen LogP contribution in [0.4, 0.5) is 11.4 Å². The Morgan fingerprint density at radius 3 is 2.03 bits per heavy atom. The number of carbonyl (C=O) groups excluding carboxylic acids is 2. The van der Waals surface area contributed by atoms with Crippen LogP contribution in [0.25, 0.3) is 0 Å². The second-order valence-electron chi connectivity index (χ2n) is 7.29. The predicted octanol–water partition coefficient (Wildman–Crippen LogP) is 3.96. The summed E-state index contributed by atoms with van der Waals surface area (Å²) in [5, 5.41) is 2.74. The highest BCUT2D eigenvalue weighted by Gasteiger charge is 2.23. The molecule has 0 heterocycles. The summed E-state index contributed by atoms with van der Waals surface area (Å²) >= 11 is 0. The van der Waals surface area contributed by atoms with Crippen LogP contribution in [-0.2, 0) is 14.8 Å². The molecule has 184 valence electrons. The minimum absolute atomic E-state index is 0.0331.